The van der Waals surface area contributed by atoms with Crippen LogP contribution in [0.15, 0.2) is 30.3 Å². The Hall–Kier alpha value is -1.10. The minimum absolute atomic E-state index is 0. The van der Waals surface area contributed by atoms with Gasteiger partial charge in [0.2, 0.25) is 5.91 Å². The molecule has 0 bridgehead atoms. The second kappa shape index (κ2) is 7.36. The van der Waals surface area contributed by atoms with E-state index in [0.717, 1.165) is 25.3 Å². The van der Waals surface area contributed by atoms with Gasteiger partial charge in [0.25, 0.3) is 0 Å². The number of anilines is 1. The number of halogens is 1. The zero-order chi connectivity index (χ0) is 12.1. The van der Waals surface area contributed by atoms with Gasteiger partial charge in [0.05, 0.1) is 6.54 Å². The second-order valence-electron chi connectivity index (χ2n) is 4.44. The fourth-order valence-corrected chi connectivity index (χ4v) is 2.02. The van der Waals surface area contributed by atoms with Gasteiger partial charge in [-0.1, -0.05) is 18.2 Å². The first kappa shape index (κ1) is 15.0. The van der Waals surface area contributed by atoms with Gasteiger partial charge in [-0.2, -0.15) is 0 Å². The fraction of sp³-hybridized carbons (Fsp3) is 0.462. The Balaban J connectivity index is 0.00000162. The number of carbonyl (C=O) groups excluding carboxylic acids is 1. The van der Waals surface area contributed by atoms with Gasteiger partial charge < -0.3 is 10.6 Å². The van der Waals surface area contributed by atoms with Crippen LogP contribution in [-0.4, -0.2) is 43.0 Å². The first-order valence-corrected chi connectivity index (χ1v) is 6.05. The molecule has 1 aromatic rings. The van der Waals surface area contributed by atoms with Crippen LogP contribution in [0.3, 0.4) is 0 Å². The third-order valence-corrected chi connectivity index (χ3v) is 3.04. The maximum absolute atomic E-state index is 11.9. The normalized spacial score (nSPS) is 19.9. The van der Waals surface area contributed by atoms with Crippen LogP contribution in [0.5, 0.6) is 0 Å². The largest absolute Gasteiger partial charge is 0.325 e. The number of hydrogen-bond donors (Lipinski definition) is 2. The molecule has 18 heavy (non-hydrogen) atoms. The van der Waals surface area contributed by atoms with Crippen LogP contribution in [-0.2, 0) is 4.79 Å². The summed E-state index contributed by atoms with van der Waals surface area (Å²) in [5.74, 6) is 0.0601. The van der Waals surface area contributed by atoms with Crippen molar-refractivity contribution < 1.29 is 4.79 Å². The van der Waals surface area contributed by atoms with Crippen molar-refractivity contribution in [2.75, 3.05) is 31.5 Å². The minimum Gasteiger partial charge on any atom is -0.325 e. The van der Waals surface area contributed by atoms with E-state index >= 15 is 0 Å². The Morgan fingerprint density at radius 2 is 2.17 bits per heavy atom. The summed E-state index contributed by atoms with van der Waals surface area (Å²) >= 11 is 0. The summed E-state index contributed by atoms with van der Waals surface area (Å²) in [4.78, 5) is 14.1. The molecule has 0 unspecified atom stereocenters. The summed E-state index contributed by atoms with van der Waals surface area (Å²) < 4.78 is 0. The maximum atomic E-state index is 11.9. The molecule has 1 saturated heterocycles. The topological polar surface area (TPSA) is 44.4 Å². The molecule has 0 spiro atoms. The first-order valence-electron chi connectivity index (χ1n) is 6.05. The molecule has 1 aromatic carbocycles. The highest BCUT2D eigenvalue weighted by Crippen LogP contribution is 2.06. The SMILES string of the molecule is C[C@H]1CNCCN1CC(=O)Nc1ccccc1.Cl. The van der Waals surface area contributed by atoms with Crippen LogP contribution >= 0.6 is 12.4 Å². The van der Waals surface area contributed by atoms with E-state index in [1.165, 1.54) is 0 Å². The lowest BCUT2D eigenvalue weighted by molar-refractivity contribution is -0.118. The average Bonchev–Trinajstić information content (AvgIpc) is 2.33. The first-order chi connectivity index (χ1) is 8.25. The molecule has 2 N–H and O–H groups in total. The number of hydrogen-bond acceptors (Lipinski definition) is 3. The van der Waals surface area contributed by atoms with Crippen molar-refractivity contribution in [1.29, 1.82) is 0 Å². The molecular formula is C13H20ClN3O. The van der Waals surface area contributed by atoms with Crippen LogP contribution < -0.4 is 10.6 Å². The van der Waals surface area contributed by atoms with Crippen molar-refractivity contribution in [3.05, 3.63) is 30.3 Å². The van der Waals surface area contributed by atoms with Gasteiger partial charge >= 0.3 is 0 Å². The maximum Gasteiger partial charge on any atom is 0.238 e. The Kier molecular flexibility index (Phi) is 6.12. The van der Waals surface area contributed by atoms with Gasteiger partial charge in [-0.3, -0.25) is 9.69 Å². The Morgan fingerprint density at radius 3 is 2.83 bits per heavy atom. The number of rotatable bonds is 3. The van der Waals surface area contributed by atoms with E-state index in [2.05, 4.69) is 22.5 Å². The molecule has 1 atom stereocenters. The van der Waals surface area contributed by atoms with E-state index < -0.39 is 0 Å². The molecule has 1 aliphatic heterocycles. The van der Waals surface area contributed by atoms with Crippen molar-refractivity contribution in [3.8, 4) is 0 Å². The van der Waals surface area contributed by atoms with E-state index in [1.54, 1.807) is 0 Å². The van der Waals surface area contributed by atoms with Gasteiger partial charge in [-0.15, -0.1) is 12.4 Å². The Bertz CT molecular complexity index is 372. The lowest BCUT2D eigenvalue weighted by atomic mass is 10.2. The fourth-order valence-electron chi connectivity index (χ4n) is 2.02. The highest BCUT2D eigenvalue weighted by atomic mass is 35.5. The molecule has 1 fully saturated rings. The van der Waals surface area contributed by atoms with E-state index in [-0.39, 0.29) is 18.3 Å². The van der Waals surface area contributed by atoms with E-state index in [1.807, 2.05) is 30.3 Å². The summed E-state index contributed by atoms with van der Waals surface area (Å²) in [6.07, 6.45) is 0. The van der Waals surface area contributed by atoms with Crippen molar-refractivity contribution in [1.82, 2.24) is 10.2 Å². The number of amides is 1. The van der Waals surface area contributed by atoms with Gasteiger partial charge in [0, 0.05) is 31.4 Å². The molecule has 4 nitrogen and oxygen atoms in total. The number of benzene rings is 1. The predicted octanol–water partition coefficient (Wildman–Crippen LogP) is 1.34. The Morgan fingerprint density at radius 1 is 1.44 bits per heavy atom. The summed E-state index contributed by atoms with van der Waals surface area (Å²) in [7, 11) is 0. The summed E-state index contributed by atoms with van der Waals surface area (Å²) in [5, 5.41) is 6.22. The molecule has 5 heteroatoms. The third kappa shape index (κ3) is 4.29. The van der Waals surface area contributed by atoms with Gasteiger partial charge in [-0.25, -0.2) is 0 Å². The van der Waals surface area contributed by atoms with Crippen LogP contribution in [0.25, 0.3) is 0 Å². The summed E-state index contributed by atoms with van der Waals surface area (Å²) in [6.45, 7) is 5.46. The van der Waals surface area contributed by atoms with Gasteiger partial charge in [0.15, 0.2) is 0 Å². The molecule has 1 heterocycles. The lowest BCUT2D eigenvalue weighted by Crippen LogP contribution is -2.51. The molecule has 1 amide bonds. The molecule has 2 rings (SSSR count). The monoisotopic (exact) mass is 269 g/mol. The average molecular weight is 270 g/mol. The molecule has 100 valence electrons. The van der Waals surface area contributed by atoms with E-state index in [4.69, 9.17) is 0 Å². The summed E-state index contributed by atoms with van der Waals surface area (Å²) in [5.41, 5.74) is 0.861. The van der Waals surface area contributed by atoms with Crippen molar-refractivity contribution in [2.45, 2.75) is 13.0 Å². The van der Waals surface area contributed by atoms with Crippen LogP contribution in [0, 0.1) is 0 Å². The van der Waals surface area contributed by atoms with Gasteiger partial charge in [0.1, 0.15) is 0 Å². The molecule has 0 aromatic heterocycles. The standard InChI is InChI=1S/C13H19N3O.ClH/c1-11-9-14-7-8-16(11)10-13(17)15-12-5-3-2-4-6-12;/h2-6,11,14H,7-10H2,1H3,(H,15,17);1H/t11-;/m0./s1. The molecular weight excluding hydrogens is 250 g/mol. The van der Waals surface area contributed by atoms with E-state index in [9.17, 15) is 4.79 Å². The lowest BCUT2D eigenvalue weighted by Gasteiger charge is -2.33. The number of nitrogens with one attached hydrogen (secondary N) is 2. The molecule has 1 aliphatic rings. The zero-order valence-electron chi connectivity index (χ0n) is 10.6. The van der Waals surface area contributed by atoms with Gasteiger partial charge in [-0.05, 0) is 19.1 Å². The minimum atomic E-state index is 0. The van der Waals surface area contributed by atoms with Crippen molar-refractivity contribution in [3.63, 3.8) is 0 Å². The molecule has 0 radical (unpaired) electrons. The highest BCUT2D eigenvalue weighted by molar-refractivity contribution is 5.92. The molecule has 0 saturated carbocycles. The van der Waals surface area contributed by atoms with Crippen LogP contribution in [0.1, 0.15) is 6.92 Å². The number of carbonyl (C=O) groups is 1. The Labute approximate surface area is 114 Å². The van der Waals surface area contributed by atoms with Crippen LogP contribution in [0.4, 0.5) is 5.69 Å². The number of piperazine rings is 1. The highest BCUT2D eigenvalue weighted by Gasteiger charge is 2.19. The zero-order valence-corrected chi connectivity index (χ0v) is 11.4. The molecule has 0 aliphatic carbocycles. The third-order valence-electron chi connectivity index (χ3n) is 3.04. The van der Waals surface area contributed by atoms with Crippen molar-refractivity contribution in [2.24, 2.45) is 0 Å². The smallest absolute Gasteiger partial charge is 0.238 e. The second-order valence-corrected chi connectivity index (χ2v) is 4.44. The quantitative estimate of drug-likeness (QED) is 0.871. The van der Waals surface area contributed by atoms with E-state index in [0.29, 0.717) is 12.6 Å². The number of para-hydroxylation sites is 1. The van der Waals surface area contributed by atoms with Crippen LogP contribution in [0.2, 0.25) is 0 Å². The predicted molar refractivity (Wildman–Crippen MR) is 76.2 cm³/mol. The number of nitrogens with zero attached hydrogens (tertiary/aromatic N) is 1. The van der Waals surface area contributed by atoms with Crippen molar-refractivity contribution >= 4 is 24.0 Å². The summed E-state index contributed by atoms with van der Waals surface area (Å²) in [6, 6.07) is 10.0.